The highest BCUT2D eigenvalue weighted by Crippen LogP contribution is 2.22. The van der Waals surface area contributed by atoms with Crippen LogP contribution in [0.15, 0.2) is 12.1 Å². The van der Waals surface area contributed by atoms with E-state index in [1.807, 2.05) is 6.92 Å². The largest absolute Gasteiger partial charge is 0.480 e. The van der Waals surface area contributed by atoms with Crippen molar-refractivity contribution in [2.24, 2.45) is 0 Å². The van der Waals surface area contributed by atoms with E-state index in [0.29, 0.717) is 17.8 Å². The fourth-order valence-electron chi connectivity index (χ4n) is 2.43. The number of hydrogen-bond acceptors (Lipinski definition) is 4. The predicted molar refractivity (Wildman–Crippen MR) is 76.3 cm³/mol. The number of aliphatic carboxylic acids is 1. The Labute approximate surface area is 122 Å². The maximum absolute atomic E-state index is 12.3. The lowest BCUT2D eigenvalue weighted by Crippen LogP contribution is -2.43. The average molecular weight is 293 g/mol. The van der Waals surface area contributed by atoms with Crippen LogP contribution >= 0.6 is 0 Å². The van der Waals surface area contributed by atoms with E-state index in [2.05, 4.69) is 10.3 Å². The zero-order chi connectivity index (χ0) is 15.6. The highest BCUT2D eigenvalue weighted by Gasteiger charge is 2.40. The van der Waals surface area contributed by atoms with Crippen LogP contribution in [0.25, 0.3) is 0 Å². The molecule has 2 rings (SSSR count). The molecule has 1 saturated heterocycles. The van der Waals surface area contributed by atoms with Crippen LogP contribution in [-0.2, 0) is 9.53 Å². The van der Waals surface area contributed by atoms with Gasteiger partial charge >= 0.3 is 12.0 Å². The van der Waals surface area contributed by atoms with Crippen LogP contribution in [-0.4, -0.2) is 52.8 Å². The number of aromatic nitrogens is 1. The lowest BCUT2D eigenvalue weighted by Gasteiger charge is -2.22. The molecule has 7 nitrogen and oxygen atoms in total. The smallest absolute Gasteiger partial charge is 0.326 e. The molecule has 0 spiro atoms. The molecule has 2 heterocycles. The third-order valence-corrected chi connectivity index (χ3v) is 3.61. The Bertz CT molecular complexity index is 561. The molecule has 2 unspecified atom stereocenters. The summed E-state index contributed by atoms with van der Waals surface area (Å²) in [6, 6.07) is 2.23. The lowest BCUT2D eigenvalue weighted by molar-refractivity contribution is -0.141. The summed E-state index contributed by atoms with van der Waals surface area (Å²) >= 11 is 0. The number of pyridine rings is 1. The first-order valence-electron chi connectivity index (χ1n) is 6.70. The Kier molecular flexibility index (Phi) is 4.42. The number of carboxylic acids is 1. The Morgan fingerprint density at radius 1 is 1.43 bits per heavy atom. The van der Waals surface area contributed by atoms with E-state index < -0.39 is 18.0 Å². The molecular weight excluding hydrogens is 274 g/mol. The molecule has 0 bridgehead atoms. The van der Waals surface area contributed by atoms with E-state index in [1.165, 1.54) is 12.0 Å². The van der Waals surface area contributed by atoms with Gasteiger partial charge in [0.25, 0.3) is 0 Å². The second-order valence-electron chi connectivity index (χ2n) is 5.12. The minimum atomic E-state index is -1.02. The van der Waals surface area contributed by atoms with Gasteiger partial charge in [0.15, 0.2) is 0 Å². The Morgan fingerprint density at radius 3 is 2.71 bits per heavy atom. The van der Waals surface area contributed by atoms with Gasteiger partial charge in [0, 0.05) is 25.8 Å². The van der Waals surface area contributed by atoms with Gasteiger partial charge in [-0.1, -0.05) is 0 Å². The summed E-state index contributed by atoms with van der Waals surface area (Å²) in [4.78, 5) is 29.1. The molecule has 7 heteroatoms. The topological polar surface area (TPSA) is 91.8 Å². The minimum absolute atomic E-state index is 0.255. The number of carbonyl (C=O) groups excluding carboxylic acids is 1. The van der Waals surface area contributed by atoms with Crippen molar-refractivity contribution in [1.29, 1.82) is 0 Å². The summed E-state index contributed by atoms with van der Waals surface area (Å²) in [5.74, 6) is -1.02. The first-order valence-corrected chi connectivity index (χ1v) is 6.70. The van der Waals surface area contributed by atoms with Crippen molar-refractivity contribution in [1.82, 2.24) is 9.88 Å². The van der Waals surface area contributed by atoms with Crippen LogP contribution in [0, 0.1) is 13.8 Å². The number of hydrogen-bond donors (Lipinski definition) is 2. The molecule has 0 radical (unpaired) electrons. The van der Waals surface area contributed by atoms with Crippen molar-refractivity contribution >= 4 is 17.7 Å². The van der Waals surface area contributed by atoms with E-state index in [-0.39, 0.29) is 12.6 Å². The third kappa shape index (κ3) is 3.30. The second kappa shape index (κ2) is 6.09. The molecule has 1 aliphatic rings. The van der Waals surface area contributed by atoms with E-state index in [9.17, 15) is 14.7 Å². The van der Waals surface area contributed by atoms with Crippen LogP contribution in [0.1, 0.15) is 17.8 Å². The number of nitrogens with zero attached hydrogens (tertiary/aromatic N) is 2. The van der Waals surface area contributed by atoms with Gasteiger partial charge < -0.3 is 20.1 Å². The number of likely N-dealkylation sites (tertiary alicyclic amines) is 1. The number of aryl methyl sites for hydroxylation is 2. The van der Waals surface area contributed by atoms with Gasteiger partial charge in [0.2, 0.25) is 0 Å². The fraction of sp³-hybridized carbons (Fsp3) is 0.500. The van der Waals surface area contributed by atoms with Gasteiger partial charge in [-0.2, -0.15) is 0 Å². The van der Waals surface area contributed by atoms with Gasteiger partial charge in [0.05, 0.1) is 17.5 Å². The number of rotatable bonds is 3. The highest BCUT2D eigenvalue weighted by molar-refractivity contribution is 5.93. The molecule has 114 valence electrons. The van der Waals surface area contributed by atoms with E-state index in [0.717, 1.165) is 5.69 Å². The standard InChI is InChI=1S/C14H19N3O4/c1-8-4-5-11(9(2)15-8)16-14(20)17-7-10(21-3)6-12(17)13(18)19/h4-5,10,12H,6-7H2,1-3H3,(H,16,20)(H,18,19). The van der Waals surface area contributed by atoms with E-state index >= 15 is 0 Å². The first kappa shape index (κ1) is 15.2. The second-order valence-corrected chi connectivity index (χ2v) is 5.12. The van der Waals surface area contributed by atoms with Gasteiger partial charge in [0.1, 0.15) is 6.04 Å². The van der Waals surface area contributed by atoms with Crippen molar-refractivity contribution in [3.63, 3.8) is 0 Å². The maximum Gasteiger partial charge on any atom is 0.326 e. The van der Waals surface area contributed by atoms with Crippen LogP contribution in [0.3, 0.4) is 0 Å². The molecule has 1 aliphatic heterocycles. The molecule has 2 amide bonds. The summed E-state index contributed by atoms with van der Waals surface area (Å²) in [6.07, 6.45) is 0.0405. The number of carbonyl (C=O) groups is 2. The molecule has 0 aliphatic carbocycles. The number of methoxy groups -OCH3 is 1. The van der Waals surface area contributed by atoms with Crippen molar-refractivity contribution in [2.45, 2.75) is 32.4 Å². The molecule has 2 atom stereocenters. The molecule has 1 aromatic rings. The number of amides is 2. The van der Waals surface area contributed by atoms with Crippen LogP contribution in [0.4, 0.5) is 10.5 Å². The fourth-order valence-corrected chi connectivity index (χ4v) is 2.43. The average Bonchev–Trinajstić information content (AvgIpc) is 2.86. The third-order valence-electron chi connectivity index (χ3n) is 3.61. The van der Waals surface area contributed by atoms with Crippen molar-refractivity contribution < 1.29 is 19.4 Å². The SMILES string of the molecule is COC1CC(C(=O)O)N(C(=O)Nc2ccc(C)nc2C)C1. The predicted octanol–water partition coefficient (Wildman–Crippen LogP) is 1.40. The van der Waals surface area contributed by atoms with Crippen LogP contribution in [0.5, 0.6) is 0 Å². The summed E-state index contributed by atoms with van der Waals surface area (Å²) in [5.41, 5.74) is 2.13. The number of ether oxygens (including phenoxy) is 1. The van der Waals surface area contributed by atoms with E-state index in [1.54, 1.807) is 19.1 Å². The molecule has 1 aromatic heterocycles. The summed E-state index contributed by atoms with van der Waals surface area (Å²) in [7, 11) is 1.51. The van der Waals surface area contributed by atoms with Gasteiger partial charge in [-0.25, -0.2) is 9.59 Å². The molecule has 0 aromatic carbocycles. The van der Waals surface area contributed by atoms with Gasteiger partial charge in [-0.15, -0.1) is 0 Å². The summed E-state index contributed by atoms with van der Waals surface area (Å²) in [5, 5.41) is 11.9. The summed E-state index contributed by atoms with van der Waals surface area (Å²) in [6.45, 7) is 3.92. The number of anilines is 1. The van der Waals surface area contributed by atoms with Crippen LogP contribution in [0.2, 0.25) is 0 Å². The number of nitrogens with one attached hydrogen (secondary N) is 1. The number of carboxylic acid groups (broad SMARTS) is 1. The molecule has 2 N–H and O–H groups in total. The van der Waals surface area contributed by atoms with Crippen molar-refractivity contribution in [3.05, 3.63) is 23.5 Å². The monoisotopic (exact) mass is 293 g/mol. The zero-order valence-corrected chi connectivity index (χ0v) is 12.3. The highest BCUT2D eigenvalue weighted by atomic mass is 16.5. The normalized spacial score (nSPS) is 21.4. The van der Waals surface area contributed by atoms with Crippen LogP contribution < -0.4 is 5.32 Å². The number of urea groups is 1. The zero-order valence-electron chi connectivity index (χ0n) is 12.3. The molecule has 0 saturated carbocycles. The Balaban J connectivity index is 2.13. The van der Waals surface area contributed by atoms with Crippen molar-refractivity contribution in [3.8, 4) is 0 Å². The quantitative estimate of drug-likeness (QED) is 0.879. The molecule has 21 heavy (non-hydrogen) atoms. The molecule has 1 fully saturated rings. The Hall–Kier alpha value is -2.15. The first-order chi connectivity index (χ1) is 9.92. The van der Waals surface area contributed by atoms with Gasteiger partial charge in [-0.3, -0.25) is 4.98 Å². The summed E-state index contributed by atoms with van der Waals surface area (Å²) < 4.78 is 5.16. The molecular formula is C14H19N3O4. The minimum Gasteiger partial charge on any atom is -0.480 e. The van der Waals surface area contributed by atoms with Gasteiger partial charge in [-0.05, 0) is 26.0 Å². The van der Waals surface area contributed by atoms with Crippen molar-refractivity contribution in [2.75, 3.05) is 19.0 Å². The van der Waals surface area contributed by atoms with E-state index in [4.69, 9.17) is 4.74 Å². The lowest BCUT2D eigenvalue weighted by atomic mass is 10.2. The Morgan fingerprint density at radius 2 is 2.14 bits per heavy atom. The maximum atomic E-state index is 12.3.